The van der Waals surface area contributed by atoms with Crippen molar-refractivity contribution in [2.75, 3.05) is 0 Å². The molecule has 0 fully saturated rings. The highest BCUT2D eigenvalue weighted by molar-refractivity contribution is 5.23. The second kappa shape index (κ2) is 5.98. The fraction of sp³-hybridized carbons (Fsp3) is 0.333. The van der Waals surface area contributed by atoms with Gasteiger partial charge in [0.2, 0.25) is 0 Å². The number of hydrogen-bond donors (Lipinski definition) is 3. The summed E-state index contributed by atoms with van der Waals surface area (Å²) >= 11 is 0. The summed E-state index contributed by atoms with van der Waals surface area (Å²) in [7, 11) is 0. The molecule has 0 atom stereocenters. The summed E-state index contributed by atoms with van der Waals surface area (Å²) in [4.78, 5) is 27.1. The van der Waals surface area contributed by atoms with Crippen LogP contribution in [0.15, 0.2) is 0 Å². The lowest BCUT2D eigenvalue weighted by atomic mass is 10.3. The monoisotopic (exact) mass is 252 g/mol. The molecule has 0 aliphatic rings. The molecule has 0 saturated heterocycles. The largest absolute Gasteiger partial charge is 0.503 e. The first-order valence-corrected chi connectivity index (χ1v) is 3.27. The minimum Gasteiger partial charge on any atom is -0.358 e. The van der Waals surface area contributed by atoms with Gasteiger partial charge in [-0.2, -0.15) is 0 Å². The molecule has 0 unspecified atom stereocenters. The van der Waals surface area contributed by atoms with E-state index in [1.54, 1.807) is 5.21 Å². The van der Waals surface area contributed by atoms with Crippen LogP contribution in [0.3, 0.4) is 0 Å². The highest BCUT2D eigenvalue weighted by Gasteiger charge is 2.45. The van der Waals surface area contributed by atoms with E-state index in [1.807, 2.05) is 0 Å². The molecule has 0 aliphatic heterocycles. The smallest absolute Gasteiger partial charge is 0.358 e. The Balaban J connectivity index is 0. The zero-order valence-corrected chi connectivity index (χ0v) is 8.18. The Morgan fingerprint density at radius 2 is 1.47 bits per heavy atom. The lowest BCUT2D eigenvalue weighted by Crippen LogP contribution is -2.21. The van der Waals surface area contributed by atoms with Crippen molar-refractivity contribution in [1.82, 2.24) is 27.7 Å². The summed E-state index contributed by atoms with van der Waals surface area (Å²) in [6.45, 7) is 0. The van der Waals surface area contributed by atoms with E-state index in [0.29, 0.717) is 0 Å². The maximum Gasteiger partial charge on any atom is 0.503 e. The molecule has 1 aromatic rings. The number of nitrogens with zero attached hydrogens (tertiary/aromatic N) is 5. The number of H-pyrrole nitrogens is 1. The van der Waals surface area contributed by atoms with Gasteiger partial charge in [0.25, 0.3) is 0 Å². The first-order valence-electron chi connectivity index (χ1n) is 3.27. The van der Waals surface area contributed by atoms with Crippen molar-refractivity contribution in [3.05, 3.63) is 36.0 Å². The maximum atomic E-state index is 10.3. The molecule has 14 heteroatoms. The van der Waals surface area contributed by atoms with Crippen molar-refractivity contribution in [3.63, 3.8) is 0 Å². The lowest BCUT2D eigenvalue weighted by Gasteiger charge is -1.96. The average molecular weight is 252 g/mol. The predicted octanol–water partition coefficient (Wildman–Crippen LogP) is -0.411. The van der Waals surface area contributed by atoms with Crippen LogP contribution in [-0.2, 0) is 0 Å². The first kappa shape index (κ1) is 16.7. The zero-order chi connectivity index (χ0) is 11.6. The van der Waals surface area contributed by atoms with Crippen LogP contribution in [0.25, 0.3) is 0 Å². The number of aromatic amines is 1. The Labute approximate surface area is 91.6 Å². The van der Waals surface area contributed by atoms with Crippen LogP contribution in [-0.4, -0.2) is 30.2 Å². The van der Waals surface area contributed by atoms with Gasteiger partial charge in [-0.25, -0.2) is 0 Å². The molecule has 0 spiro atoms. The van der Waals surface area contributed by atoms with Gasteiger partial charge in [0.05, 0.1) is 5.10 Å². The Morgan fingerprint density at radius 3 is 1.82 bits per heavy atom. The summed E-state index contributed by atoms with van der Waals surface area (Å²) in [6, 6.07) is 0. The van der Waals surface area contributed by atoms with Crippen molar-refractivity contribution < 1.29 is 14.8 Å². The Kier molecular flexibility index (Phi) is 5.87. The van der Waals surface area contributed by atoms with E-state index in [1.165, 1.54) is 0 Å². The van der Waals surface area contributed by atoms with E-state index in [4.69, 9.17) is 0 Å². The second-order valence-corrected chi connectivity index (χ2v) is 2.23. The highest BCUT2D eigenvalue weighted by Crippen LogP contribution is 2.22. The fourth-order valence-electron chi connectivity index (χ4n) is 0.818. The van der Waals surface area contributed by atoms with Gasteiger partial charge in [-0.15, -0.1) is 10.3 Å². The average Bonchev–Trinajstić information content (AvgIpc) is 2.51. The number of aromatic nitrogens is 3. The van der Waals surface area contributed by atoms with Gasteiger partial charge >= 0.3 is 17.7 Å². The SMILES string of the molecule is N.N.O=[N+]([O-])c1n[nH]nc1C([N+](=O)[O-])[N+](=O)[O-]. The van der Waals surface area contributed by atoms with Crippen LogP contribution in [0, 0.1) is 30.3 Å². The second-order valence-electron chi connectivity index (χ2n) is 2.23. The molecule has 0 bridgehead atoms. The molecular weight excluding hydrogens is 244 g/mol. The molecule has 7 N–H and O–H groups in total. The number of rotatable bonds is 4. The van der Waals surface area contributed by atoms with Crippen LogP contribution in [0.4, 0.5) is 5.82 Å². The summed E-state index contributed by atoms with van der Waals surface area (Å²) in [5, 5.41) is 38.5. The Morgan fingerprint density at radius 1 is 1.00 bits per heavy atom. The highest BCUT2D eigenvalue weighted by atomic mass is 16.7. The van der Waals surface area contributed by atoms with Gasteiger partial charge in [0.15, 0.2) is 0 Å². The Hall–Kier alpha value is -2.74. The third kappa shape index (κ3) is 3.11. The van der Waals surface area contributed by atoms with E-state index < -0.39 is 32.4 Å². The van der Waals surface area contributed by atoms with E-state index in [9.17, 15) is 30.3 Å². The molecule has 1 heterocycles. The summed E-state index contributed by atoms with van der Waals surface area (Å²) in [6.07, 6.45) is -2.50. The third-order valence-electron chi connectivity index (χ3n) is 1.37. The van der Waals surface area contributed by atoms with E-state index >= 15 is 0 Å². The van der Waals surface area contributed by atoms with Gasteiger partial charge in [0, 0.05) is 0 Å². The molecule has 17 heavy (non-hydrogen) atoms. The van der Waals surface area contributed by atoms with Gasteiger partial charge in [-0.1, -0.05) is 0 Å². The quantitative estimate of drug-likeness (QED) is 0.354. The topological polar surface area (TPSA) is 241 Å². The molecule has 0 saturated carbocycles. The van der Waals surface area contributed by atoms with E-state index in [-0.39, 0.29) is 12.3 Å². The molecule has 0 radical (unpaired) electrons. The van der Waals surface area contributed by atoms with Crippen LogP contribution >= 0.6 is 0 Å². The standard InChI is InChI=1S/C3H2N6O6.2H3N/c10-7(11)2-1(4-6-5-2)3(8(12)13)9(14)15;;/h3H,(H,4,5,6);2*1H3. The molecule has 14 nitrogen and oxygen atoms in total. The van der Waals surface area contributed by atoms with Crippen LogP contribution in [0.2, 0.25) is 0 Å². The van der Waals surface area contributed by atoms with Gasteiger partial charge < -0.3 is 22.4 Å². The van der Waals surface area contributed by atoms with E-state index in [2.05, 4.69) is 10.2 Å². The predicted molar refractivity (Wildman–Crippen MR) is 49.8 cm³/mol. The van der Waals surface area contributed by atoms with Crippen LogP contribution in [0.5, 0.6) is 0 Å². The summed E-state index contributed by atoms with van der Waals surface area (Å²) in [5.74, 6) is -1.03. The van der Waals surface area contributed by atoms with Crippen molar-refractivity contribution >= 4 is 5.82 Å². The van der Waals surface area contributed by atoms with Crippen molar-refractivity contribution in [2.45, 2.75) is 6.17 Å². The third-order valence-corrected chi connectivity index (χ3v) is 1.37. The lowest BCUT2D eigenvalue weighted by molar-refractivity contribution is -0.753. The van der Waals surface area contributed by atoms with Crippen molar-refractivity contribution in [1.29, 1.82) is 0 Å². The number of hydrogen-bond acceptors (Lipinski definition) is 10. The molecule has 0 aliphatic carbocycles. The molecule has 1 rings (SSSR count). The molecule has 1 aromatic heterocycles. The molecular formula is C3H8N8O6. The minimum absolute atomic E-state index is 0. The van der Waals surface area contributed by atoms with E-state index in [0.717, 1.165) is 0 Å². The van der Waals surface area contributed by atoms with Crippen LogP contribution < -0.4 is 12.3 Å². The van der Waals surface area contributed by atoms with Gasteiger partial charge in [0.1, 0.15) is 9.85 Å². The molecule has 0 amide bonds. The number of nitro groups is 3. The minimum atomic E-state index is -2.50. The van der Waals surface area contributed by atoms with Crippen molar-refractivity contribution in [3.8, 4) is 0 Å². The van der Waals surface area contributed by atoms with Gasteiger partial charge in [-0.3, -0.25) is 20.2 Å². The van der Waals surface area contributed by atoms with Crippen molar-refractivity contribution in [2.24, 2.45) is 0 Å². The first-order chi connectivity index (χ1) is 6.95. The normalized spacial score (nSPS) is 9.00. The summed E-state index contributed by atoms with van der Waals surface area (Å²) < 4.78 is 0. The zero-order valence-electron chi connectivity index (χ0n) is 8.18. The summed E-state index contributed by atoms with van der Waals surface area (Å²) in [5.41, 5.74) is -0.935. The van der Waals surface area contributed by atoms with Gasteiger partial charge in [-0.05, 0) is 4.92 Å². The van der Waals surface area contributed by atoms with Crippen LogP contribution in [0.1, 0.15) is 11.9 Å². The molecule has 96 valence electrons. The molecule has 0 aromatic carbocycles. The number of nitrogens with one attached hydrogen (secondary N) is 1. The Bertz CT molecular complexity index is 413. The fourth-order valence-corrected chi connectivity index (χ4v) is 0.818. The maximum absolute atomic E-state index is 10.3.